The third-order valence-electron chi connectivity index (χ3n) is 3.46. The van der Waals surface area contributed by atoms with Gasteiger partial charge in [-0.2, -0.15) is 0 Å². The van der Waals surface area contributed by atoms with Crippen molar-refractivity contribution in [1.82, 2.24) is 14.9 Å². The van der Waals surface area contributed by atoms with E-state index in [-0.39, 0.29) is 12.3 Å². The molecule has 0 atom stereocenters. The van der Waals surface area contributed by atoms with Crippen molar-refractivity contribution in [2.45, 2.75) is 12.8 Å². The number of aliphatic carboxylic acids is 1. The van der Waals surface area contributed by atoms with Crippen LogP contribution in [0.2, 0.25) is 0 Å². The fourth-order valence-electron chi connectivity index (χ4n) is 2.35. The van der Waals surface area contributed by atoms with E-state index >= 15 is 0 Å². The highest BCUT2D eigenvalue weighted by molar-refractivity contribution is 8.26. The molecule has 1 aliphatic heterocycles. The Morgan fingerprint density at radius 2 is 2.12 bits per heavy atom. The van der Waals surface area contributed by atoms with Crippen LogP contribution in [0.1, 0.15) is 18.4 Å². The van der Waals surface area contributed by atoms with Crippen LogP contribution in [0.25, 0.3) is 17.1 Å². The number of rotatable bonds is 5. The number of benzene rings is 1. The van der Waals surface area contributed by atoms with E-state index in [2.05, 4.69) is 9.97 Å². The van der Waals surface area contributed by atoms with Crippen LogP contribution in [0.5, 0.6) is 0 Å². The predicted octanol–water partition coefficient (Wildman–Crippen LogP) is 2.70. The maximum absolute atomic E-state index is 12.5. The standard InChI is InChI=1S/C16H13N3O3S2/c20-13(21)5-2-8-19-15(22)12(24-16(19)23)9-10-3-1-4-11-14(10)18-7-6-17-11/h1,3-4,6-7,9H,2,5,8H2,(H,20,21)/b12-9-. The van der Waals surface area contributed by atoms with Gasteiger partial charge in [0.05, 0.1) is 15.9 Å². The zero-order valence-corrected chi connectivity index (χ0v) is 14.1. The average molecular weight is 359 g/mol. The zero-order valence-electron chi connectivity index (χ0n) is 12.5. The zero-order chi connectivity index (χ0) is 17.1. The quantitative estimate of drug-likeness (QED) is 0.649. The number of aromatic nitrogens is 2. The molecule has 8 heteroatoms. The van der Waals surface area contributed by atoms with Gasteiger partial charge in [0, 0.05) is 30.9 Å². The van der Waals surface area contributed by atoms with Crippen molar-refractivity contribution in [1.29, 1.82) is 0 Å². The highest BCUT2D eigenvalue weighted by Gasteiger charge is 2.31. The molecule has 1 aromatic heterocycles. The van der Waals surface area contributed by atoms with Gasteiger partial charge >= 0.3 is 5.97 Å². The van der Waals surface area contributed by atoms with Crippen LogP contribution < -0.4 is 0 Å². The third-order valence-corrected chi connectivity index (χ3v) is 4.84. The Hall–Kier alpha value is -2.32. The predicted molar refractivity (Wildman–Crippen MR) is 96.3 cm³/mol. The van der Waals surface area contributed by atoms with Crippen LogP contribution in [-0.2, 0) is 9.59 Å². The molecule has 0 bridgehead atoms. The molecule has 1 saturated heterocycles. The maximum Gasteiger partial charge on any atom is 0.303 e. The van der Waals surface area contributed by atoms with E-state index in [4.69, 9.17) is 17.3 Å². The minimum absolute atomic E-state index is 0.00895. The molecule has 0 radical (unpaired) electrons. The summed E-state index contributed by atoms with van der Waals surface area (Å²) in [6.45, 7) is 0.309. The number of hydrogen-bond donors (Lipinski definition) is 1. The molecule has 1 aliphatic rings. The van der Waals surface area contributed by atoms with Crippen LogP contribution in [0.3, 0.4) is 0 Å². The lowest BCUT2D eigenvalue weighted by Crippen LogP contribution is -2.29. The first-order chi connectivity index (χ1) is 11.6. The Labute approximate surface area is 147 Å². The van der Waals surface area contributed by atoms with E-state index in [1.807, 2.05) is 18.2 Å². The molecule has 1 aromatic carbocycles. The Bertz CT molecular complexity index is 861. The van der Waals surface area contributed by atoms with Gasteiger partial charge < -0.3 is 5.11 Å². The lowest BCUT2D eigenvalue weighted by atomic mass is 10.1. The number of carbonyl (C=O) groups is 2. The molecule has 24 heavy (non-hydrogen) atoms. The second-order valence-electron chi connectivity index (χ2n) is 5.10. The summed E-state index contributed by atoms with van der Waals surface area (Å²) in [5, 5.41) is 8.70. The van der Waals surface area contributed by atoms with Gasteiger partial charge in [-0.05, 0) is 18.6 Å². The summed E-state index contributed by atoms with van der Waals surface area (Å²) >= 11 is 6.45. The van der Waals surface area contributed by atoms with E-state index in [9.17, 15) is 9.59 Å². The van der Waals surface area contributed by atoms with Crippen LogP contribution in [0.4, 0.5) is 0 Å². The van der Waals surface area contributed by atoms with E-state index in [0.29, 0.717) is 22.2 Å². The van der Waals surface area contributed by atoms with Crippen LogP contribution in [0.15, 0.2) is 35.5 Å². The summed E-state index contributed by atoms with van der Waals surface area (Å²) in [6.07, 6.45) is 5.36. The maximum atomic E-state index is 12.5. The molecule has 3 rings (SSSR count). The summed E-state index contributed by atoms with van der Waals surface area (Å²) in [5.74, 6) is -1.08. The number of nitrogens with zero attached hydrogens (tertiary/aromatic N) is 3. The Balaban J connectivity index is 1.84. The fourth-order valence-corrected chi connectivity index (χ4v) is 3.65. The van der Waals surface area contributed by atoms with Crippen LogP contribution >= 0.6 is 24.0 Å². The summed E-state index contributed by atoms with van der Waals surface area (Å²) in [5.41, 5.74) is 2.27. The molecule has 6 nitrogen and oxygen atoms in total. The highest BCUT2D eigenvalue weighted by atomic mass is 32.2. The lowest BCUT2D eigenvalue weighted by Gasteiger charge is -2.13. The Morgan fingerprint density at radius 3 is 2.92 bits per heavy atom. The van der Waals surface area contributed by atoms with Crippen molar-refractivity contribution in [3.05, 3.63) is 41.1 Å². The van der Waals surface area contributed by atoms with Gasteiger partial charge in [0.15, 0.2) is 0 Å². The number of thiocarbonyl (C=S) groups is 1. The molecule has 0 unspecified atom stereocenters. The van der Waals surface area contributed by atoms with Gasteiger partial charge in [0.25, 0.3) is 5.91 Å². The largest absolute Gasteiger partial charge is 0.481 e. The van der Waals surface area contributed by atoms with E-state index in [0.717, 1.165) is 16.6 Å². The molecule has 1 fully saturated rings. The van der Waals surface area contributed by atoms with Crippen LogP contribution in [0, 0.1) is 0 Å². The van der Waals surface area contributed by atoms with E-state index in [1.165, 1.54) is 16.7 Å². The van der Waals surface area contributed by atoms with Crippen molar-refractivity contribution in [2.24, 2.45) is 0 Å². The van der Waals surface area contributed by atoms with Crippen LogP contribution in [-0.4, -0.2) is 42.7 Å². The molecule has 0 spiro atoms. The number of fused-ring (bicyclic) bond motifs is 1. The first-order valence-corrected chi connectivity index (χ1v) is 8.45. The summed E-state index contributed by atoms with van der Waals surface area (Å²) < 4.78 is 0.447. The summed E-state index contributed by atoms with van der Waals surface area (Å²) in [6, 6.07) is 5.58. The average Bonchev–Trinajstić information content (AvgIpc) is 2.82. The fraction of sp³-hybridized carbons (Fsp3) is 0.188. The number of thioether (sulfide) groups is 1. The number of hydrogen-bond acceptors (Lipinski definition) is 6. The minimum Gasteiger partial charge on any atom is -0.481 e. The number of amides is 1. The normalized spacial score (nSPS) is 16.3. The van der Waals surface area contributed by atoms with Crippen molar-refractivity contribution < 1.29 is 14.7 Å². The molecular weight excluding hydrogens is 346 g/mol. The van der Waals surface area contributed by atoms with Gasteiger partial charge in [0.2, 0.25) is 0 Å². The highest BCUT2D eigenvalue weighted by Crippen LogP contribution is 2.33. The van der Waals surface area contributed by atoms with E-state index in [1.54, 1.807) is 18.5 Å². The van der Waals surface area contributed by atoms with Gasteiger partial charge in [-0.1, -0.05) is 36.1 Å². The van der Waals surface area contributed by atoms with Gasteiger partial charge in [0.1, 0.15) is 4.32 Å². The molecule has 0 saturated carbocycles. The lowest BCUT2D eigenvalue weighted by molar-refractivity contribution is -0.137. The molecule has 1 amide bonds. The molecule has 122 valence electrons. The second-order valence-corrected chi connectivity index (χ2v) is 6.78. The smallest absolute Gasteiger partial charge is 0.303 e. The number of carboxylic acids is 1. The van der Waals surface area contributed by atoms with Crippen molar-refractivity contribution in [3.63, 3.8) is 0 Å². The Morgan fingerprint density at radius 1 is 1.33 bits per heavy atom. The number of para-hydroxylation sites is 1. The van der Waals surface area contributed by atoms with Gasteiger partial charge in [-0.3, -0.25) is 24.5 Å². The molecular formula is C16H13N3O3S2. The first kappa shape index (κ1) is 16.5. The first-order valence-electron chi connectivity index (χ1n) is 7.23. The SMILES string of the molecule is O=C(O)CCCN1C(=O)/C(=C/c2cccc3nccnc23)SC1=S. The topological polar surface area (TPSA) is 83.4 Å². The molecule has 1 N–H and O–H groups in total. The van der Waals surface area contributed by atoms with Gasteiger partial charge in [-0.25, -0.2) is 0 Å². The second kappa shape index (κ2) is 7.06. The number of carbonyl (C=O) groups excluding carboxylic acids is 1. The molecule has 0 aliphatic carbocycles. The van der Waals surface area contributed by atoms with E-state index < -0.39 is 5.97 Å². The minimum atomic E-state index is -0.884. The van der Waals surface area contributed by atoms with Gasteiger partial charge in [-0.15, -0.1) is 0 Å². The van der Waals surface area contributed by atoms with Crippen molar-refractivity contribution >= 4 is 57.3 Å². The summed E-state index contributed by atoms with van der Waals surface area (Å²) in [4.78, 5) is 33.6. The Kier molecular flexibility index (Phi) is 4.86. The molecule has 2 aromatic rings. The monoisotopic (exact) mass is 359 g/mol. The summed E-state index contributed by atoms with van der Waals surface area (Å²) in [7, 11) is 0. The van der Waals surface area contributed by atoms with Crippen molar-refractivity contribution in [3.8, 4) is 0 Å². The van der Waals surface area contributed by atoms with Crippen molar-refractivity contribution in [2.75, 3.05) is 6.54 Å². The molecule has 2 heterocycles. The third kappa shape index (κ3) is 3.44. The number of carboxylic acid groups (broad SMARTS) is 1.